The van der Waals surface area contributed by atoms with Crippen LogP contribution >= 0.6 is 23.2 Å². The van der Waals surface area contributed by atoms with Gasteiger partial charge in [0.1, 0.15) is 0 Å². The highest BCUT2D eigenvalue weighted by atomic mass is 35.5. The summed E-state index contributed by atoms with van der Waals surface area (Å²) >= 11 is 12.2. The maximum absolute atomic E-state index is 12.0. The molecule has 0 amide bonds. The first kappa shape index (κ1) is 15.9. The molecule has 1 aromatic rings. The number of piperazine rings is 1. The fourth-order valence-electron chi connectivity index (χ4n) is 2.32. The second-order valence-electron chi connectivity index (χ2n) is 4.80. The lowest BCUT2D eigenvalue weighted by Crippen LogP contribution is -2.49. The van der Waals surface area contributed by atoms with Gasteiger partial charge in [0.15, 0.2) is 0 Å². The van der Waals surface area contributed by atoms with Crippen LogP contribution in [-0.4, -0.2) is 44.7 Å². The molecule has 0 bridgehead atoms. The Labute approximate surface area is 130 Å². The van der Waals surface area contributed by atoms with E-state index in [-0.39, 0.29) is 5.75 Å². The minimum atomic E-state index is -3.11. The summed E-state index contributed by atoms with van der Waals surface area (Å²) in [5, 5.41) is 1.27. The third-order valence-corrected chi connectivity index (χ3v) is 5.97. The van der Waals surface area contributed by atoms with Gasteiger partial charge in [-0.05, 0) is 24.6 Å². The van der Waals surface area contributed by atoms with Crippen molar-refractivity contribution < 1.29 is 8.42 Å². The first-order valence-electron chi connectivity index (χ1n) is 6.62. The molecule has 112 valence electrons. The maximum Gasteiger partial charge on any atom is 0.214 e. The van der Waals surface area contributed by atoms with Crippen molar-refractivity contribution in [1.29, 1.82) is 0 Å². The lowest BCUT2D eigenvalue weighted by atomic mass is 10.2. The van der Waals surface area contributed by atoms with Crippen molar-refractivity contribution in [2.45, 2.75) is 13.3 Å². The maximum atomic E-state index is 12.0. The third-order valence-electron chi connectivity index (χ3n) is 3.34. The summed E-state index contributed by atoms with van der Waals surface area (Å²) in [5.41, 5.74) is 0.867. The van der Waals surface area contributed by atoms with Crippen LogP contribution in [0, 0.1) is 0 Å². The Kier molecular flexibility index (Phi) is 5.18. The number of halogens is 2. The zero-order valence-corrected chi connectivity index (χ0v) is 13.7. The fourth-order valence-corrected chi connectivity index (χ4v) is 4.22. The van der Waals surface area contributed by atoms with E-state index in [1.54, 1.807) is 16.4 Å². The van der Waals surface area contributed by atoms with E-state index in [2.05, 4.69) is 4.90 Å². The Bertz CT molecular complexity index is 570. The van der Waals surface area contributed by atoms with Gasteiger partial charge >= 0.3 is 0 Å². The highest BCUT2D eigenvalue weighted by Crippen LogP contribution is 2.30. The van der Waals surface area contributed by atoms with Crippen molar-refractivity contribution in [3.63, 3.8) is 0 Å². The molecule has 1 heterocycles. The minimum absolute atomic E-state index is 0.213. The van der Waals surface area contributed by atoms with Gasteiger partial charge in [0, 0.05) is 31.2 Å². The van der Waals surface area contributed by atoms with Crippen LogP contribution in [0.2, 0.25) is 10.0 Å². The molecule has 0 saturated carbocycles. The molecular formula is C13H18Cl2N2O2S. The minimum Gasteiger partial charge on any atom is -0.368 e. The van der Waals surface area contributed by atoms with Crippen molar-refractivity contribution in [2.75, 3.05) is 36.8 Å². The fraction of sp³-hybridized carbons (Fsp3) is 0.538. The van der Waals surface area contributed by atoms with Crippen LogP contribution in [0.5, 0.6) is 0 Å². The summed E-state index contributed by atoms with van der Waals surface area (Å²) in [7, 11) is -3.11. The van der Waals surface area contributed by atoms with Gasteiger partial charge in [-0.2, -0.15) is 4.31 Å². The Morgan fingerprint density at radius 2 is 1.80 bits per heavy atom. The molecule has 2 rings (SSSR count). The normalized spacial score (nSPS) is 17.4. The average Bonchev–Trinajstić information content (AvgIpc) is 2.42. The van der Waals surface area contributed by atoms with E-state index >= 15 is 0 Å². The van der Waals surface area contributed by atoms with E-state index in [9.17, 15) is 8.42 Å². The van der Waals surface area contributed by atoms with Crippen LogP contribution in [0.25, 0.3) is 0 Å². The second-order valence-corrected chi connectivity index (χ2v) is 7.73. The van der Waals surface area contributed by atoms with Gasteiger partial charge in [0.25, 0.3) is 0 Å². The summed E-state index contributed by atoms with van der Waals surface area (Å²) in [5.74, 6) is 0.213. The molecule has 1 saturated heterocycles. The van der Waals surface area contributed by atoms with E-state index in [0.29, 0.717) is 42.6 Å². The summed E-state index contributed by atoms with van der Waals surface area (Å²) in [4.78, 5) is 2.08. The largest absolute Gasteiger partial charge is 0.368 e. The van der Waals surface area contributed by atoms with Gasteiger partial charge in [0.2, 0.25) is 10.0 Å². The molecular weight excluding hydrogens is 319 g/mol. The first-order chi connectivity index (χ1) is 9.44. The van der Waals surface area contributed by atoms with Gasteiger partial charge in [-0.1, -0.05) is 30.1 Å². The highest BCUT2D eigenvalue weighted by Gasteiger charge is 2.26. The standard InChI is InChI=1S/C13H18Cl2N2O2S/c1-2-9-20(18,19)17-7-5-16(6-8-17)13-10-11(14)3-4-12(13)15/h3-4,10H,2,5-9H2,1H3. The zero-order valence-electron chi connectivity index (χ0n) is 11.3. The van der Waals surface area contributed by atoms with Gasteiger partial charge in [-0.25, -0.2) is 8.42 Å². The average molecular weight is 337 g/mol. The number of anilines is 1. The number of benzene rings is 1. The van der Waals surface area contributed by atoms with Gasteiger partial charge in [-0.15, -0.1) is 0 Å². The van der Waals surface area contributed by atoms with Crippen molar-refractivity contribution in [3.05, 3.63) is 28.2 Å². The van der Waals surface area contributed by atoms with E-state index in [1.165, 1.54) is 0 Å². The Morgan fingerprint density at radius 3 is 2.40 bits per heavy atom. The van der Waals surface area contributed by atoms with Crippen LogP contribution in [0.3, 0.4) is 0 Å². The van der Waals surface area contributed by atoms with E-state index in [4.69, 9.17) is 23.2 Å². The van der Waals surface area contributed by atoms with Crippen molar-refractivity contribution in [1.82, 2.24) is 4.31 Å². The molecule has 0 aliphatic carbocycles. The summed E-state index contributed by atoms with van der Waals surface area (Å²) < 4.78 is 25.6. The third kappa shape index (κ3) is 3.58. The highest BCUT2D eigenvalue weighted by molar-refractivity contribution is 7.89. The lowest BCUT2D eigenvalue weighted by molar-refractivity contribution is 0.384. The van der Waals surface area contributed by atoms with E-state index in [0.717, 1.165) is 5.69 Å². The van der Waals surface area contributed by atoms with Crippen molar-refractivity contribution >= 4 is 38.9 Å². The number of sulfonamides is 1. The smallest absolute Gasteiger partial charge is 0.214 e. The molecule has 7 heteroatoms. The molecule has 20 heavy (non-hydrogen) atoms. The Balaban J connectivity index is 2.06. The van der Waals surface area contributed by atoms with Crippen LogP contribution in [0.15, 0.2) is 18.2 Å². The van der Waals surface area contributed by atoms with Crippen molar-refractivity contribution in [3.8, 4) is 0 Å². The molecule has 1 fully saturated rings. The van der Waals surface area contributed by atoms with Gasteiger partial charge < -0.3 is 4.90 Å². The lowest BCUT2D eigenvalue weighted by Gasteiger charge is -2.35. The van der Waals surface area contributed by atoms with Crippen LogP contribution in [-0.2, 0) is 10.0 Å². The van der Waals surface area contributed by atoms with Gasteiger partial charge in [-0.3, -0.25) is 0 Å². The van der Waals surface area contributed by atoms with E-state index in [1.807, 2.05) is 13.0 Å². The zero-order chi connectivity index (χ0) is 14.8. The first-order valence-corrected chi connectivity index (χ1v) is 8.98. The quantitative estimate of drug-likeness (QED) is 0.848. The molecule has 0 N–H and O–H groups in total. The van der Waals surface area contributed by atoms with Gasteiger partial charge in [0.05, 0.1) is 16.5 Å². The van der Waals surface area contributed by atoms with Crippen molar-refractivity contribution in [2.24, 2.45) is 0 Å². The number of nitrogens with zero attached hydrogens (tertiary/aromatic N) is 2. The molecule has 1 aliphatic rings. The predicted molar refractivity (Wildman–Crippen MR) is 84.3 cm³/mol. The molecule has 0 aromatic heterocycles. The number of rotatable bonds is 4. The SMILES string of the molecule is CCCS(=O)(=O)N1CCN(c2cc(Cl)ccc2Cl)CC1. The monoisotopic (exact) mass is 336 g/mol. The Morgan fingerprint density at radius 1 is 1.15 bits per heavy atom. The van der Waals surface area contributed by atoms with Crippen LogP contribution in [0.1, 0.15) is 13.3 Å². The summed E-state index contributed by atoms with van der Waals surface area (Å²) in [6.45, 7) is 4.11. The van der Waals surface area contributed by atoms with Crippen LogP contribution < -0.4 is 4.90 Å². The van der Waals surface area contributed by atoms with E-state index < -0.39 is 10.0 Å². The Hall–Kier alpha value is -0.490. The topological polar surface area (TPSA) is 40.6 Å². The summed E-state index contributed by atoms with van der Waals surface area (Å²) in [6.07, 6.45) is 0.642. The molecule has 1 aliphatic heterocycles. The number of hydrogen-bond acceptors (Lipinski definition) is 3. The molecule has 1 aromatic carbocycles. The van der Waals surface area contributed by atoms with Crippen LogP contribution in [0.4, 0.5) is 5.69 Å². The number of hydrogen-bond donors (Lipinski definition) is 0. The summed E-state index contributed by atoms with van der Waals surface area (Å²) in [6, 6.07) is 5.33. The predicted octanol–water partition coefficient (Wildman–Crippen LogP) is 2.86. The molecule has 4 nitrogen and oxygen atoms in total. The second kappa shape index (κ2) is 6.52. The molecule has 0 spiro atoms. The molecule has 0 radical (unpaired) electrons. The molecule has 0 atom stereocenters. The molecule has 0 unspecified atom stereocenters.